The quantitative estimate of drug-likeness (QED) is 0.247. The van der Waals surface area contributed by atoms with Crippen molar-refractivity contribution in [2.75, 3.05) is 24.7 Å². The number of carbonyl (C=O) groups is 3. The van der Waals surface area contributed by atoms with Gasteiger partial charge in [0.25, 0.3) is 0 Å². The average molecular weight is 442 g/mol. The molecule has 0 saturated heterocycles. The van der Waals surface area contributed by atoms with Gasteiger partial charge in [-0.25, -0.2) is 9.59 Å². The zero-order valence-electron chi connectivity index (χ0n) is 18.4. The number of rotatable bonds is 16. The third-order valence-electron chi connectivity index (χ3n) is 4.05. The molecule has 0 fully saturated rings. The number of thioether (sulfide) groups is 1. The Hall–Kier alpha value is -2.06. The van der Waals surface area contributed by atoms with Crippen LogP contribution < -0.4 is 5.32 Å². The Kier molecular flexibility index (Phi) is 15.6. The molecule has 30 heavy (non-hydrogen) atoms. The molecule has 0 radical (unpaired) electrons. The second-order valence-corrected chi connectivity index (χ2v) is 8.42. The van der Waals surface area contributed by atoms with Crippen molar-refractivity contribution in [3.05, 3.63) is 34.9 Å². The van der Waals surface area contributed by atoms with E-state index in [4.69, 9.17) is 5.11 Å². The molecule has 0 bridgehead atoms. The molecule has 0 aliphatic heterocycles. The van der Waals surface area contributed by atoms with Crippen LogP contribution in [0, 0.1) is 0 Å². The molecule has 0 rings (SSSR count). The number of carboxylic acid groups (broad SMARTS) is 2. The predicted octanol–water partition coefficient (Wildman–Crippen LogP) is 3.81. The monoisotopic (exact) mass is 441 g/mol. The molecule has 0 aliphatic rings. The first kappa shape index (κ1) is 27.9. The Balaban J connectivity index is 4.19. The van der Waals surface area contributed by atoms with E-state index in [2.05, 4.69) is 56.0 Å². The smallest absolute Gasteiger partial charge is 0.329 e. The maximum Gasteiger partial charge on any atom is 0.329 e. The first-order valence-electron chi connectivity index (χ1n) is 9.95. The van der Waals surface area contributed by atoms with Crippen molar-refractivity contribution in [2.45, 2.75) is 59.4 Å². The Bertz CT molecular complexity index is 650. The lowest BCUT2D eigenvalue weighted by Crippen LogP contribution is -2.44. The van der Waals surface area contributed by atoms with Crippen LogP contribution in [-0.4, -0.2) is 58.8 Å². The zero-order chi connectivity index (χ0) is 22.9. The van der Waals surface area contributed by atoms with Crippen LogP contribution in [-0.2, 0) is 19.1 Å². The molecule has 0 unspecified atom stereocenters. The van der Waals surface area contributed by atoms with Gasteiger partial charge in [-0.1, -0.05) is 34.9 Å². The molecule has 0 heterocycles. The number of nitrogens with one attached hydrogen (secondary N) is 1. The van der Waals surface area contributed by atoms with E-state index in [1.165, 1.54) is 28.5 Å². The summed E-state index contributed by atoms with van der Waals surface area (Å²) in [7, 11) is 0. The van der Waals surface area contributed by atoms with Crippen molar-refractivity contribution in [3.63, 3.8) is 0 Å². The van der Waals surface area contributed by atoms with Crippen LogP contribution >= 0.6 is 11.8 Å². The van der Waals surface area contributed by atoms with Crippen LogP contribution in [0.25, 0.3) is 0 Å². The van der Waals surface area contributed by atoms with Gasteiger partial charge in [0.2, 0.25) is 5.91 Å². The third kappa shape index (κ3) is 16.9. The minimum absolute atomic E-state index is 0.215. The molecule has 0 spiro atoms. The summed E-state index contributed by atoms with van der Waals surface area (Å²) in [5, 5.41) is 20.0. The first-order valence-corrected chi connectivity index (χ1v) is 11.1. The standard InChI is InChI=1S/C22H35NO6S/c1-16(2)7-5-8-17(3)9-6-10-18(4)11-12-30-15-19(22(27)28)23-20(24)13-29-14-21(25)26/h7,9,11,19H,5-6,8,10,12-15H2,1-4H3,(H,23,24)(H,25,26)(H,27,28)/b17-9+,18-11+/t19-/m0/s1. The molecular formula is C22H35NO6S. The van der Waals surface area contributed by atoms with Crippen molar-refractivity contribution < 1.29 is 29.3 Å². The van der Waals surface area contributed by atoms with E-state index < -0.39 is 37.1 Å². The van der Waals surface area contributed by atoms with Crippen molar-refractivity contribution in [1.29, 1.82) is 0 Å². The summed E-state index contributed by atoms with van der Waals surface area (Å²) in [6.07, 6.45) is 10.7. The Morgan fingerprint density at radius 3 is 2.10 bits per heavy atom. The van der Waals surface area contributed by atoms with Gasteiger partial charge in [-0.05, 0) is 53.4 Å². The van der Waals surface area contributed by atoms with Gasteiger partial charge >= 0.3 is 11.9 Å². The van der Waals surface area contributed by atoms with Gasteiger partial charge < -0.3 is 20.3 Å². The van der Waals surface area contributed by atoms with Gasteiger partial charge in [0, 0.05) is 11.5 Å². The number of hydrogen-bond donors (Lipinski definition) is 3. The zero-order valence-corrected chi connectivity index (χ0v) is 19.2. The van der Waals surface area contributed by atoms with E-state index in [9.17, 15) is 19.5 Å². The largest absolute Gasteiger partial charge is 0.480 e. The number of hydrogen-bond acceptors (Lipinski definition) is 5. The summed E-state index contributed by atoms with van der Waals surface area (Å²) in [5.41, 5.74) is 3.98. The fourth-order valence-electron chi connectivity index (χ4n) is 2.37. The normalized spacial score (nSPS) is 12.9. The SMILES string of the molecule is CC(C)=CCC/C(C)=C/CC/C(C)=C/CSC[C@H](NC(=O)COCC(=O)O)C(=O)O. The van der Waals surface area contributed by atoms with Crippen LogP contribution in [0.5, 0.6) is 0 Å². The molecule has 0 aromatic carbocycles. The molecule has 0 aromatic heterocycles. The maximum absolute atomic E-state index is 11.6. The summed E-state index contributed by atoms with van der Waals surface area (Å²) < 4.78 is 4.65. The van der Waals surface area contributed by atoms with Gasteiger partial charge in [0.15, 0.2) is 0 Å². The second-order valence-electron chi connectivity index (χ2n) is 7.34. The second kappa shape index (κ2) is 16.7. The lowest BCUT2D eigenvalue weighted by Gasteiger charge is -2.13. The number of allylic oxidation sites excluding steroid dienone is 5. The van der Waals surface area contributed by atoms with E-state index in [0.717, 1.165) is 25.7 Å². The highest BCUT2D eigenvalue weighted by molar-refractivity contribution is 7.99. The summed E-state index contributed by atoms with van der Waals surface area (Å²) in [4.78, 5) is 33.2. The molecule has 0 aliphatic carbocycles. The van der Waals surface area contributed by atoms with E-state index in [1.54, 1.807) is 0 Å². The van der Waals surface area contributed by atoms with E-state index in [1.807, 2.05) is 0 Å². The van der Waals surface area contributed by atoms with Gasteiger partial charge in [0.1, 0.15) is 19.3 Å². The molecule has 1 amide bonds. The number of carboxylic acids is 2. The summed E-state index contributed by atoms with van der Waals surface area (Å²) in [6.45, 7) is 7.34. The van der Waals surface area contributed by atoms with Crippen LogP contribution in [0.3, 0.4) is 0 Å². The predicted molar refractivity (Wildman–Crippen MR) is 121 cm³/mol. The van der Waals surface area contributed by atoms with Crippen molar-refractivity contribution in [1.82, 2.24) is 5.32 Å². The van der Waals surface area contributed by atoms with Gasteiger partial charge in [-0.3, -0.25) is 4.79 Å². The number of carbonyl (C=O) groups excluding carboxylic acids is 1. The molecule has 7 nitrogen and oxygen atoms in total. The van der Waals surface area contributed by atoms with E-state index in [0.29, 0.717) is 5.75 Å². The van der Waals surface area contributed by atoms with Gasteiger partial charge in [-0.2, -0.15) is 11.8 Å². The highest BCUT2D eigenvalue weighted by atomic mass is 32.2. The topological polar surface area (TPSA) is 113 Å². The van der Waals surface area contributed by atoms with Gasteiger partial charge in [0.05, 0.1) is 0 Å². The Morgan fingerprint density at radius 1 is 0.933 bits per heavy atom. The summed E-state index contributed by atoms with van der Waals surface area (Å²) >= 11 is 1.41. The van der Waals surface area contributed by atoms with Crippen molar-refractivity contribution >= 4 is 29.6 Å². The minimum atomic E-state index is -1.19. The lowest BCUT2D eigenvalue weighted by molar-refractivity contribution is -0.145. The number of aliphatic carboxylic acids is 2. The highest BCUT2D eigenvalue weighted by Crippen LogP contribution is 2.13. The van der Waals surface area contributed by atoms with Crippen LogP contribution in [0.2, 0.25) is 0 Å². The number of ether oxygens (including phenoxy) is 1. The van der Waals surface area contributed by atoms with Crippen LogP contribution in [0.4, 0.5) is 0 Å². The maximum atomic E-state index is 11.6. The highest BCUT2D eigenvalue weighted by Gasteiger charge is 2.19. The lowest BCUT2D eigenvalue weighted by atomic mass is 10.1. The Labute approximate surface area is 183 Å². The van der Waals surface area contributed by atoms with E-state index >= 15 is 0 Å². The van der Waals surface area contributed by atoms with Gasteiger partial charge in [-0.15, -0.1) is 0 Å². The van der Waals surface area contributed by atoms with Crippen LogP contribution in [0.15, 0.2) is 34.9 Å². The average Bonchev–Trinajstić information content (AvgIpc) is 2.63. The first-order chi connectivity index (χ1) is 14.1. The fourth-order valence-corrected chi connectivity index (χ4v) is 3.37. The number of amides is 1. The molecule has 0 aromatic rings. The minimum Gasteiger partial charge on any atom is -0.480 e. The Morgan fingerprint density at radius 2 is 1.53 bits per heavy atom. The molecule has 8 heteroatoms. The summed E-state index contributed by atoms with van der Waals surface area (Å²) in [5.74, 6) is -2.10. The summed E-state index contributed by atoms with van der Waals surface area (Å²) in [6, 6.07) is -1.05. The molecule has 1 atom stereocenters. The van der Waals surface area contributed by atoms with Crippen LogP contribution in [0.1, 0.15) is 53.4 Å². The van der Waals surface area contributed by atoms with E-state index in [-0.39, 0.29) is 5.75 Å². The molecular weight excluding hydrogens is 406 g/mol. The molecule has 3 N–H and O–H groups in total. The molecule has 170 valence electrons. The van der Waals surface area contributed by atoms with Crippen molar-refractivity contribution in [2.24, 2.45) is 0 Å². The van der Waals surface area contributed by atoms with Crippen molar-refractivity contribution in [3.8, 4) is 0 Å². The fraction of sp³-hybridized carbons (Fsp3) is 0.591. The third-order valence-corrected chi connectivity index (χ3v) is 5.02. The molecule has 0 saturated carbocycles.